The third kappa shape index (κ3) is 74.3. The lowest BCUT2D eigenvalue weighted by Gasteiger charge is -2.21. The van der Waals surface area contributed by atoms with Crippen molar-refractivity contribution in [1.82, 2.24) is 0 Å². The summed E-state index contributed by atoms with van der Waals surface area (Å²) in [6.07, 6.45) is 62.4. The van der Waals surface area contributed by atoms with Crippen molar-refractivity contribution in [2.75, 3.05) is 39.6 Å². The highest BCUT2D eigenvalue weighted by atomic mass is 31.2. The minimum Gasteiger partial charge on any atom is -0.462 e. The Balaban J connectivity index is 5.22. The zero-order valence-electron chi connectivity index (χ0n) is 65.5. The van der Waals surface area contributed by atoms with E-state index in [1.54, 1.807) is 0 Å². The van der Waals surface area contributed by atoms with Crippen LogP contribution in [0.3, 0.4) is 0 Å². The fraction of sp³-hybridized carbons (Fsp3) is 0.951. The Morgan fingerprint density at radius 3 is 0.680 bits per heavy atom. The fourth-order valence-corrected chi connectivity index (χ4v) is 14.1. The first-order valence-corrected chi connectivity index (χ1v) is 45.0. The zero-order chi connectivity index (χ0) is 73.5. The van der Waals surface area contributed by atoms with Gasteiger partial charge in [0, 0.05) is 25.7 Å². The first-order chi connectivity index (χ1) is 48.4. The van der Waals surface area contributed by atoms with Crippen LogP contribution in [0.5, 0.6) is 0 Å². The molecule has 100 heavy (non-hydrogen) atoms. The van der Waals surface area contributed by atoms with Gasteiger partial charge in [0.25, 0.3) is 0 Å². The van der Waals surface area contributed by atoms with Crippen LogP contribution in [-0.4, -0.2) is 96.7 Å². The van der Waals surface area contributed by atoms with E-state index in [0.29, 0.717) is 25.7 Å². The van der Waals surface area contributed by atoms with Gasteiger partial charge in [-0.15, -0.1) is 0 Å². The topological polar surface area (TPSA) is 237 Å². The maximum Gasteiger partial charge on any atom is 0.472 e. The number of phosphoric ester groups is 2. The van der Waals surface area contributed by atoms with Crippen LogP contribution in [0.25, 0.3) is 0 Å². The fourth-order valence-electron chi connectivity index (χ4n) is 12.5. The summed E-state index contributed by atoms with van der Waals surface area (Å²) in [6, 6.07) is 0. The second-order valence-corrected chi connectivity index (χ2v) is 33.0. The van der Waals surface area contributed by atoms with Crippen LogP contribution in [0.1, 0.15) is 427 Å². The molecule has 0 aliphatic rings. The molecule has 2 unspecified atom stereocenters. The van der Waals surface area contributed by atoms with Crippen LogP contribution in [0.4, 0.5) is 0 Å². The molecule has 5 atom stereocenters. The number of esters is 4. The smallest absolute Gasteiger partial charge is 0.462 e. The maximum absolute atomic E-state index is 13.1. The van der Waals surface area contributed by atoms with Crippen molar-refractivity contribution in [3.05, 3.63) is 0 Å². The highest BCUT2D eigenvalue weighted by molar-refractivity contribution is 7.47. The van der Waals surface area contributed by atoms with Crippen molar-refractivity contribution < 1.29 is 80.2 Å². The molecule has 0 aliphatic carbocycles. The van der Waals surface area contributed by atoms with Gasteiger partial charge >= 0.3 is 39.5 Å². The summed E-state index contributed by atoms with van der Waals surface area (Å²) in [7, 11) is -9.92. The largest absolute Gasteiger partial charge is 0.472 e. The molecule has 0 aromatic rings. The number of hydrogen-bond acceptors (Lipinski definition) is 15. The van der Waals surface area contributed by atoms with Crippen LogP contribution in [0.2, 0.25) is 0 Å². The molecule has 594 valence electrons. The highest BCUT2D eigenvalue weighted by Crippen LogP contribution is 2.45. The number of aliphatic hydroxyl groups excluding tert-OH is 1. The number of unbranched alkanes of at least 4 members (excludes halogenated alkanes) is 50. The SMILES string of the molecule is CCCCCCCCCCCCCCCCCCCCCC(=O)O[C@H](COC(=O)CCCCCCCCCCCCCCCCC(C)C)COP(=O)(O)OC[C@@H](O)COP(=O)(O)OC[C@@H](COC(=O)CCCCCCCCCCC)OC(=O)CCCCCCCCCCCCCCC(C)C. The molecular weight excluding hydrogens is 1310 g/mol. The molecule has 0 saturated carbocycles. The van der Waals surface area contributed by atoms with Crippen LogP contribution < -0.4 is 0 Å². The number of phosphoric acid groups is 2. The Hall–Kier alpha value is -1.94. The lowest BCUT2D eigenvalue weighted by Crippen LogP contribution is -2.30. The molecule has 0 bridgehead atoms. The van der Waals surface area contributed by atoms with Crippen molar-refractivity contribution >= 4 is 39.5 Å². The van der Waals surface area contributed by atoms with Gasteiger partial charge in [-0.2, -0.15) is 0 Å². The molecule has 0 spiro atoms. The van der Waals surface area contributed by atoms with Gasteiger partial charge in [-0.25, -0.2) is 9.13 Å². The normalized spacial score (nSPS) is 13.9. The first kappa shape index (κ1) is 98.1. The summed E-state index contributed by atoms with van der Waals surface area (Å²) < 4.78 is 68.7. The van der Waals surface area contributed by atoms with Gasteiger partial charge in [-0.05, 0) is 37.5 Å². The lowest BCUT2D eigenvalue weighted by atomic mass is 10.0. The van der Waals surface area contributed by atoms with Gasteiger partial charge in [0.2, 0.25) is 0 Å². The third-order valence-electron chi connectivity index (χ3n) is 19.0. The lowest BCUT2D eigenvalue weighted by molar-refractivity contribution is -0.161. The van der Waals surface area contributed by atoms with E-state index in [9.17, 15) is 43.2 Å². The molecule has 19 heteroatoms. The molecule has 0 aromatic heterocycles. The molecule has 0 rings (SSSR count). The summed E-state index contributed by atoms with van der Waals surface area (Å²) >= 11 is 0. The van der Waals surface area contributed by atoms with Crippen LogP contribution in [0, 0.1) is 11.8 Å². The number of ether oxygens (including phenoxy) is 4. The summed E-state index contributed by atoms with van der Waals surface area (Å²) in [4.78, 5) is 73.0. The molecule has 17 nitrogen and oxygen atoms in total. The Kier molecular flexibility index (Phi) is 71.2. The van der Waals surface area contributed by atoms with Crippen LogP contribution >= 0.6 is 15.6 Å². The van der Waals surface area contributed by atoms with Crippen molar-refractivity contribution in [2.24, 2.45) is 11.8 Å². The number of rotatable bonds is 80. The van der Waals surface area contributed by atoms with Crippen molar-refractivity contribution in [1.29, 1.82) is 0 Å². The first-order valence-electron chi connectivity index (χ1n) is 42.0. The molecule has 0 saturated heterocycles. The van der Waals surface area contributed by atoms with Gasteiger partial charge in [0.05, 0.1) is 26.4 Å². The number of carbonyl (C=O) groups excluding carboxylic acids is 4. The third-order valence-corrected chi connectivity index (χ3v) is 20.9. The molecule has 0 heterocycles. The standard InChI is InChI=1S/C81H158O17P2/c1-7-9-11-13-15-17-18-19-20-21-22-23-24-29-35-41-47-53-59-65-80(85)98-77(70-92-79(84)64-58-52-46-40-34-28-26-25-27-32-38-43-49-55-61-73(3)4)72-96-100(89,90)94-68-75(82)67-93-99(87,88)95-71-76(69-91-78(83)63-57-51-45-37-16-14-12-10-8-2)97-81(86)66-60-54-48-42-36-31-30-33-39-44-50-56-62-74(5)6/h73-77,82H,7-72H2,1-6H3,(H,87,88)(H,89,90)/t75-,76+,77+/m0/s1. The Morgan fingerprint density at radius 2 is 0.460 bits per heavy atom. The van der Waals surface area contributed by atoms with E-state index in [-0.39, 0.29) is 25.7 Å². The van der Waals surface area contributed by atoms with Crippen LogP contribution in [0.15, 0.2) is 0 Å². The predicted molar refractivity (Wildman–Crippen MR) is 409 cm³/mol. The van der Waals surface area contributed by atoms with Crippen molar-refractivity contribution in [2.45, 2.75) is 445 Å². The highest BCUT2D eigenvalue weighted by Gasteiger charge is 2.30. The molecule has 0 radical (unpaired) electrons. The summed E-state index contributed by atoms with van der Waals surface area (Å²) in [6.45, 7) is 9.65. The maximum atomic E-state index is 13.1. The van der Waals surface area contributed by atoms with Crippen molar-refractivity contribution in [3.63, 3.8) is 0 Å². The van der Waals surface area contributed by atoms with E-state index in [0.717, 1.165) is 102 Å². The van der Waals surface area contributed by atoms with E-state index in [1.165, 1.54) is 244 Å². The quantitative estimate of drug-likeness (QED) is 0.0222. The van der Waals surface area contributed by atoms with Gasteiger partial charge < -0.3 is 33.8 Å². The number of carbonyl (C=O) groups is 4. The Bertz CT molecular complexity index is 1920. The van der Waals surface area contributed by atoms with Gasteiger partial charge in [-0.1, -0.05) is 375 Å². The second kappa shape index (κ2) is 72.6. The average Bonchev–Trinajstić information content (AvgIpc) is 0.981. The number of hydrogen-bond donors (Lipinski definition) is 3. The molecule has 0 amide bonds. The summed E-state index contributed by atoms with van der Waals surface area (Å²) in [5, 5.41) is 10.6. The summed E-state index contributed by atoms with van der Waals surface area (Å²) in [5.41, 5.74) is 0. The van der Waals surface area contributed by atoms with Gasteiger partial charge in [-0.3, -0.25) is 37.3 Å². The second-order valence-electron chi connectivity index (χ2n) is 30.1. The van der Waals surface area contributed by atoms with Crippen molar-refractivity contribution in [3.8, 4) is 0 Å². The van der Waals surface area contributed by atoms with E-state index in [1.807, 2.05) is 0 Å². The van der Waals surface area contributed by atoms with Gasteiger partial charge in [0.1, 0.15) is 19.3 Å². The molecule has 0 aliphatic heterocycles. The van der Waals surface area contributed by atoms with E-state index in [4.69, 9.17) is 37.0 Å². The molecule has 3 N–H and O–H groups in total. The Morgan fingerprint density at radius 1 is 0.270 bits per heavy atom. The van der Waals surface area contributed by atoms with E-state index >= 15 is 0 Å². The van der Waals surface area contributed by atoms with Gasteiger partial charge in [0.15, 0.2) is 12.2 Å². The predicted octanol–water partition coefficient (Wildman–Crippen LogP) is 24.3. The molecule has 0 aromatic carbocycles. The monoisotopic (exact) mass is 1470 g/mol. The van der Waals surface area contributed by atoms with Crippen LogP contribution in [-0.2, 0) is 65.4 Å². The van der Waals surface area contributed by atoms with E-state index < -0.39 is 97.5 Å². The van der Waals surface area contributed by atoms with E-state index in [2.05, 4.69) is 41.5 Å². The zero-order valence-corrected chi connectivity index (χ0v) is 67.3. The Labute approximate surface area is 613 Å². The summed E-state index contributed by atoms with van der Waals surface area (Å²) in [5.74, 6) is -0.533. The minimum absolute atomic E-state index is 0.107. The molecular formula is C81H158O17P2. The number of aliphatic hydroxyl groups is 1. The average molecular weight is 1470 g/mol. The minimum atomic E-state index is -4.96. The molecule has 0 fully saturated rings.